The Kier molecular flexibility index (Phi) is 5.18. The summed E-state index contributed by atoms with van der Waals surface area (Å²) in [5, 5.41) is 2.62. The van der Waals surface area contributed by atoms with E-state index in [4.69, 9.17) is 0 Å². The zero-order valence-electron chi connectivity index (χ0n) is 15.8. The first-order valence-electron chi connectivity index (χ1n) is 9.10. The summed E-state index contributed by atoms with van der Waals surface area (Å²) in [6.07, 6.45) is -3.45. The zero-order chi connectivity index (χ0) is 22.2. The molecule has 0 aliphatic rings. The molecule has 0 saturated carbocycles. The predicted octanol–water partition coefficient (Wildman–Crippen LogP) is 5.48. The molecule has 0 saturated heterocycles. The number of carbonyl (C=O) groups excluding carboxylic acids is 1. The first kappa shape index (κ1) is 20.5. The third kappa shape index (κ3) is 4.40. The Morgan fingerprint density at radius 1 is 0.903 bits per heavy atom. The molecule has 1 N–H and O–H groups in total. The number of nitrogens with zero attached hydrogens (tertiary/aromatic N) is 2. The number of anilines is 1. The molecule has 0 spiro atoms. The van der Waals surface area contributed by atoms with Gasteiger partial charge in [0, 0.05) is 11.8 Å². The van der Waals surface area contributed by atoms with E-state index in [1.807, 2.05) is 0 Å². The lowest BCUT2D eigenvalue weighted by molar-refractivity contribution is -0.137. The van der Waals surface area contributed by atoms with Crippen LogP contribution in [0.15, 0.2) is 66.9 Å². The summed E-state index contributed by atoms with van der Waals surface area (Å²) in [7, 11) is 0. The van der Waals surface area contributed by atoms with Crippen LogP contribution in [0, 0.1) is 11.6 Å². The number of pyridine rings is 1. The van der Waals surface area contributed by atoms with Gasteiger partial charge in [0.2, 0.25) is 5.91 Å². The van der Waals surface area contributed by atoms with Crippen LogP contribution >= 0.6 is 0 Å². The van der Waals surface area contributed by atoms with Crippen molar-refractivity contribution < 1.29 is 26.7 Å². The number of amides is 1. The number of nitrogens with one attached hydrogen (secondary N) is 1. The second kappa shape index (κ2) is 7.82. The van der Waals surface area contributed by atoms with Crippen LogP contribution in [0.2, 0.25) is 0 Å². The minimum absolute atomic E-state index is 0.0671. The number of hydrogen-bond acceptors (Lipinski definition) is 2. The van der Waals surface area contributed by atoms with E-state index in [9.17, 15) is 26.7 Å². The fraction of sp³-hybridized carbons (Fsp3) is 0.0909. The van der Waals surface area contributed by atoms with E-state index in [2.05, 4.69) is 10.3 Å². The molecule has 0 bridgehead atoms. The first-order chi connectivity index (χ1) is 14.7. The quantitative estimate of drug-likeness (QED) is 0.435. The maximum Gasteiger partial charge on any atom is 0.416 e. The Bertz CT molecular complexity index is 1250. The van der Waals surface area contributed by atoms with Gasteiger partial charge in [-0.05, 0) is 42.0 Å². The van der Waals surface area contributed by atoms with Gasteiger partial charge in [0.15, 0.2) is 5.82 Å². The van der Waals surface area contributed by atoms with Crippen molar-refractivity contribution >= 4 is 17.4 Å². The number of benzene rings is 2. The van der Waals surface area contributed by atoms with Crippen LogP contribution in [0.1, 0.15) is 11.1 Å². The maximum absolute atomic E-state index is 13.8. The normalized spacial score (nSPS) is 11.6. The van der Waals surface area contributed by atoms with E-state index in [0.29, 0.717) is 16.8 Å². The smallest absolute Gasteiger partial charge is 0.309 e. The molecular formula is C22H14F5N3O. The molecule has 9 heteroatoms. The third-order valence-electron chi connectivity index (χ3n) is 4.60. The summed E-state index contributed by atoms with van der Waals surface area (Å²) < 4.78 is 66.9. The number of halogens is 5. The van der Waals surface area contributed by atoms with E-state index < -0.39 is 29.3 Å². The number of hydrogen-bond donors (Lipinski definition) is 1. The number of imidazole rings is 1. The van der Waals surface area contributed by atoms with Crippen molar-refractivity contribution in [3.05, 3.63) is 89.6 Å². The average molecular weight is 431 g/mol. The van der Waals surface area contributed by atoms with Gasteiger partial charge in [0.25, 0.3) is 0 Å². The predicted molar refractivity (Wildman–Crippen MR) is 104 cm³/mol. The molecule has 0 radical (unpaired) electrons. The topological polar surface area (TPSA) is 46.4 Å². The molecular weight excluding hydrogens is 417 g/mol. The number of alkyl halides is 3. The Balaban J connectivity index is 1.71. The van der Waals surface area contributed by atoms with E-state index in [1.54, 1.807) is 0 Å². The Morgan fingerprint density at radius 3 is 2.19 bits per heavy atom. The number of aromatic nitrogens is 2. The van der Waals surface area contributed by atoms with Crippen LogP contribution in [0.4, 0.5) is 27.8 Å². The lowest BCUT2D eigenvalue weighted by Crippen LogP contribution is -2.15. The molecule has 2 aromatic heterocycles. The molecule has 0 aliphatic carbocycles. The molecule has 0 unspecified atom stereocenters. The summed E-state index contributed by atoms with van der Waals surface area (Å²) in [5.41, 5.74) is 0.565. The van der Waals surface area contributed by atoms with Crippen LogP contribution in [0.5, 0.6) is 0 Å². The van der Waals surface area contributed by atoms with Crippen molar-refractivity contribution in [2.75, 3.05) is 5.32 Å². The summed E-state index contributed by atoms with van der Waals surface area (Å²) in [6.45, 7) is 0. The highest BCUT2D eigenvalue weighted by Crippen LogP contribution is 2.34. The Labute approximate surface area is 173 Å². The molecule has 0 aliphatic heterocycles. The van der Waals surface area contributed by atoms with Crippen LogP contribution in [-0.2, 0) is 17.4 Å². The highest BCUT2D eigenvalue weighted by Gasteiger charge is 2.30. The Hall–Kier alpha value is -3.75. The molecule has 4 rings (SSSR count). The molecule has 158 valence electrons. The van der Waals surface area contributed by atoms with Gasteiger partial charge in [-0.3, -0.25) is 9.20 Å². The van der Waals surface area contributed by atoms with Gasteiger partial charge in [-0.25, -0.2) is 13.8 Å². The van der Waals surface area contributed by atoms with E-state index in [0.717, 1.165) is 18.3 Å². The highest BCUT2D eigenvalue weighted by atomic mass is 19.4. The van der Waals surface area contributed by atoms with E-state index in [-0.39, 0.29) is 17.9 Å². The molecule has 4 aromatic rings. The number of rotatable bonds is 4. The van der Waals surface area contributed by atoms with Gasteiger partial charge in [-0.2, -0.15) is 13.2 Å². The lowest BCUT2D eigenvalue weighted by atomic mass is 10.1. The molecule has 31 heavy (non-hydrogen) atoms. The van der Waals surface area contributed by atoms with Crippen molar-refractivity contribution in [1.29, 1.82) is 0 Å². The third-order valence-corrected chi connectivity index (χ3v) is 4.60. The van der Waals surface area contributed by atoms with Crippen molar-refractivity contribution in [3.63, 3.8) is 0 Å². The fourth-order valence-corrected chi connectivity index (χ4v) is 3.16. The molecule has 0 fully saturated rings. The molecule has 4 nitrogen and oxygen atoms in total. The highest BCUT2D eigenvalue weighted by molar-refractivity contribution is 5.95. The van der Waals surface area contributed by atoms with Crippen molar-refractivity contribution in [3.8, 4) is 11.3 Å². The fourth-order valence-electron chi connectivity index (χ4n) is 3.16. The molecule has 0 atom stereocenters. The summed E-state index contributed by atoms with van der Waals surface area (Å²) >= 11 is 0. The van der Waals surface area contributed by atoms with Gasteiger partial charge < -0.3 is 5.32 Å². The van der Waals surface area contributed by atoms with Gasteiger partial charge >= 0.3 is 6.18 Å². The number of carbonyl (C=O) groups is 1. The Morgan fingerprint density at radius 2 is 1.55 bits per heavy atom. The summed E-state index contributed by atoms with van der Waals surface area (Å²) in [6, 6.07) is 12.2. The van der Waals surface area contributed by atoms with Crippen LogP contribution in [0.3, 0.4) is 0 Å². The van der Waals surface area contributed by atoms with Crippen molar-refractivity contribution in [2.24, 2.45) is 0 Å². The van der Waals surface area contributed by atoms with Crippen LogP contribution < -0.4 is 5.32 Å². The second-order valence-corrected chi connectivity index (χ2v) is 6.81. The largest absolute Gasteiger partial charge is 0.416 e. The standard InChI is InChI=1S/C22H14F5N3O/c23-16-7-1-13(2-8-16)11-19(31)29-21-20(30-12-17(24)9-10-18(30)28-21)14-3-5-15(6-4-14)22(25,26)27/h1-10,12H,11H2,(H,29,31). The van der Waals surface area contributed by atoms with Gasteiger partial charge in [-0.15, -0.1) is 0 Å². The molecule has 2 aromatic carbocycles. The summed E-state index contributed by atoms with van der Waals surface area (Å²) in [4.78, 5) is 16.8. The monoisotopic (exact) mass is 431 g/mol. The van der Waals surface area contributed by atoms with E-state index in [1.165, 1.54) is 52.9 Å². The zero-order valence-corrected chi connectivity index (χ0v) is 15.8. The van der Waals surface area contributed by atoms with Gasteiger partial charge in [0.1, 0.15) is 17.3 Å². The second-order valence-electron chi connectivity index (χ2n) is 6.81. The average Bonchev–Trinajstić information content (AvgIpc) is 3.06. The number of fused-ring (bicyclic) bond motifs is 1. The minimum Gasteiger partial charge on any atom is -0.309 e. The lowest BCUT2D eigenvalue weighted by Gasteiger charge is -2.10. The minimum atomic E-state index is -4.50. The SMILES string of the molecule is O=C(Cc1ccc(F)cc1)Nc1nc2ccc(F)cn2c1-c1ccc(C(F)(F)F)cc1. The maximum atomic E-state index is 13.8. The summed E-state index contributed by atoms with van der Waals surface area (Å²) in [5.74, 6) is -1.42. The first-order valence-corrected chi connectivity index (χ1v) is 9.10. The van der Waals surface area contributed by atoms with E-state index >= 15 is 0 Å². The van der Waals surface area contributed by atoms with Crippen LogP contribution in [0.25, 0.3) is 16.9 Å². The van der Waals surface area contributed by atoms with Gasteiger partial charge in [-0.1, -0.05) is 24.3 Å². The van der Waals surface area contributed by atoms with Crippen LogP contribution in [-0.4, -0.2) is 15.3 Å². The molecule has 2 heterocycles. The van der Waals surface area contributed by atoms with Crippen molar-refractivity contribution in [2.45, 2.75) is 12.6 Å². The molecule has 1 amide bonds. The van der Waals surface area contributed by atoms with Crippen molar-refractivity contribution in [1.82, 2.24) is 9.38 Å². The van der Waals surface area contributed by atoms with Gasteiger partial charge in [0.05, 0.1) is 17.7 Å².